The van der Waals surface area contributed by atoms with Crippen LogP contribution in [-0.2, 0) is 14.3 Å². The summed E-state index contributed by atoms with van der Waals surface area (Å²) < 4.78 is 11.3. The summed E-state index contributed by atoms with van der Waals surface area (Å²) in [6, 6.07) is -0.812. The highest BCUT2D eigenvalue weighted by atomic mass is 16.7. The van der Waals surface area contributed by atoms with Gasteiger partial charge in [-0.1, -0.05) is 316 Å². The Kier molecular flexibility index (Phi) is 58.1. The Morgan fingerprint density at radius 1 is 0.422 bits per heavy atom. The normalized spacial score (nSPS) is 19.0. The van der Waals surface area contributed by atoms with E-state index in [0.29, 0.717) is 6.42 Å². The van der Waals surface area contributed by atoms with Gasteiger partial charge in [0, 0.05) is 6.42 Å². The summed E-state index contributed by atoms with van der Waals surface area (Å²) in [5, 5.41) is 54.7. The first-order chi connectivity index (χ1) is 40.8. The summed E-state index contributed by atoms with van der Waals surface area (Å²) in [4.78, 5) is 13.1. The zero-order valence-electron chi connectivity index (χ0n) is 53.4. The van der Waals surface area contributed by atoms with E-state index in [2.05, 4.69) is 116 Å². The molecule has 83 heavy (non-hydrogen) atoms. The van der Waals surface area contributed by atoms with Gasteiger partial charge < -0.3 is 40.3 Å². The van der Waals surface area contributed by atoms with Crippen LogP contribution in [0, 0.1) is 0 Å². The standard InChI is InChI=1S/C74H129NO8/c1-3-5-7-9-11-13-15-17-19-21-23-25-26-27-28-29-30-31-32-33-34-35-36-37-38-39-40-41-42-44-46-48-50-52-54-56-58-60-62-64-70(78)75-67(66-82-74-73(81)72(80)71(79)69(65-76)83-74)68(77)63-61-59-57-55-53-51-49-47-45-43-24-22-20-18-16-14-12-10-8-6-4-2/h5,7,11,13,17,19,23,25,27-28,30-31,33-34,36-37,61,63,67-69,71-74,76-77,79-81H,3-4,6,8-10,12,14-16,18,20-22,24,26,29,32,35,38-60,62,64-66H2,1-2H3,(H,75,78)/b7-5-,13-11-,19-17-,25-23-,28-27-,31-30-,34-33-,37-36-,63-61+. The van der Waals surface area contributed by atoms with Crippen LogP contribution < -0.4 is 5.32 Å². The fourth-order valence-corrected chi connectivity index (χ4v) is 10.5. The molecule has 0 bridgehead atoms. The maximum atomic E-state index is 13.1. The number of unbranched alkanes of at least 4 members (excludes halogenated alkanes) is 33. The molecule has 7 atom stereocenters. The molecule has 0 aromatic rings. The number of rotatable bonds is 59. The average molecular weight is 1160 g/mol. The minimum absolute atomic E-state index is 0.178. The van der Waals surface area contributed by atoms with Crippen molar-refractivity contribution in [2.75, 3.05) is 13.2 Å². The molecule has 6 N–H and O–H groups in total. The number of carbonyl (C=O) groups excluding carboxylic acids is 1. The van der Waals surface area contributed by atoms with Gasteiger partial charge in [0.05, 0.1) is 25.4 Å². The molecule has 9 nitrogen and oxygen atoms in total. The molecule has 1 fully saturated rings. The molecule has 0 saturated carbocycles. The van der Waals surface area contributed by atoms with Crippen LogP contribution in [0.3, 0.4) is 0 Å². The van der Waals surface area contributed by atoms with E-state index >= 15 is 0 Å². The molecule has 0 spiro atoms. The van der Waals surface area contributed by atoms with Crippen molar-refractivity contribution in [2.45, 2.75) is 339 Å². The summed E-state index contributed by atoms with van der Waals surface area (Å²) in [5.41, 5.74) is 0. The Morgan fingerprint density at radius 3 is 1.11 bits per heavy atom. The van der Waals surface area contributed by atoms with Crippen molar-refractivity contribution in [1.82, 2.24) is 5.32 Å². The average Bonchev–Trinajstić information content (AvgIpc) is 3.60. The van der Waals surface area contributed by atoms with Gasteiger partial charge in [-0.2, -0.15) is 0 Å². The van der Waals surface area contributed by atoms with Crippen molar-refractivity contribution in [3.05, 3.63) is 109 Å². The fraction of sp³-hybridized carbons (Fsp3) is 0.743. The minimum Gasteiger partial charge on any atom is -0.394 e. The number of aliphatic hydroxyl groups is 5. The Morgan fingerprint density at radius 2 is 0.747 bits per heavy atom. The molecule has 0 aromatic carbocycles. The largest absolute Gasteiger partial charge is 0.394 e. The second-order valence-electron chi connectivity index (χ2n) is 23.6. The molecule has 478 valence electrons. The predicted molar refractivity (Wildman–Crippen MR) is 354 cm³/mol. The first kappa shape index (κ1) is 77.9. The number of hydrogen-bond donors (Lipinski definition) is 6. The number of carbonyl (C=O) groups is 1. The van der Waals surface area contributed by atoms with Crippen LogP contribution in [0.25, 0.3) is 0 Å². The van der Waals surface area contributed by atoms with Gasteiger partial charge in [-0.05, 0) is 83.5 Å². The lowest BCUT2D eigenvalue weighted by molar-refractivity contribution is -0.302. The molecule has 9 heteroatoms. The smallest absolute Gasteiger partial charge is 0.220 e. The van der Waals surface area contributed by atoms with E-state index in [1.54, 1.807) is 6.08 Å². The Hall–Kier alpha value is -3.15. The van der Waals surface area contributed by atoms with Gasteiger partial charge in [-0.25, -0.2) is 0 Å². The first-order valence-corrected chi connectivity index (χ1v) is 34.6. The molecule has 0 aliphatic carbocycles. The molecular weight excluding hydrogens is 1030 g/mol. The Labute approximate surface area is 510 Å². The van der Waals surface area contributed by atoms with Gasteiger partial charge >= 0.3 is 0 Å². The van der Waals surface area contributed by atoms with Crippen LogP contribution >= 0.6 is 0 Å². The molecule has 0 radical (unpaired) electrons. The number of allylic oxidation sites excluding steroid dienone is 17. The number of aliphatic hydroxyl groups excluding tert-OH is 5. The lowest BCUT2D eigenvalue weighted by Gasteiger charge is -2.40. The number of hydrogen-bond acceptors (Lipinski definition) is 8. The third-order valence-corrected chi connectivity index (χ3v) is 15.9. The van der Waals surface area contributed by atoms with E-state index in [1.165, 1.54) is 186 Å². The van der Waals surface area contributed by atoms with E-state index in [1.807, 2.05) is 6.08 Å². The van der Waals surface area contributed by atoms with E-state index in [9.17, 15) is 30.3 Å². The van der Waals surface area contributed by atoms with Gasteiger partial charge in [0.25, 0.3) is 0 Å². The topological polar surface area (TPSA) is 149 Å². The molecule has 1 saturated heterocycles. The van der Waals surface area contributed by atoms with E-state index in [4.69, 9.17) is 9.47 Å². The van der Waals surface area contributed by atoms with Gasteiger partial charge in [0.2, 0.25) is 5.91 Å². The molecule has 1 amide bonds. The number of amides is 1. The van der Waals surface area contributed by atoms with Crippen LogP contribution in [0.4, 0.5) is 0 Å². The van der Waals surface area contributed by atoms with Crippen molar-refractivity contribution in [2.24, 2.45) is 0 Å². The van der Waals surface area contributed by atoms with E-state index in [0.717, 1.165) is 89.9 Å². The minimum atomic E-state index is -1.57. The summed E-state index contributed by atoms with van der Waals surface area (Å²) in [7, 11) is 0. The molecule has 0 aromatic heterocycles. The lowest BCUT2D eigenvalue weighted by atomic mass is 9.99. The molecule has 1 aliphatic rings. The lowest BCUT2D eigenvalue weighted by Crippen LogP contribution is -2.60. The van der Waals surface area contributed by atoms with Crippen LogP contribution in [0.15, 0.2) is 109 Å². The summed E-state index contributed by atoms with van der Waals surface area (Å²) >= 11 is 0. The SMILES string of the molecule is CC/C=C\C/C=C\C/C=C\C/C=C\C/C=C\C/C=C\C/C=C\C/C=C\CCCCCCCCCCCCCCCCC(=O)NC(COC1OC(CO)C(O)C(O)C1O)C(O)/C=C/CCCCCCCCCCCCCCCCCCCCC. The Bertz CT molecular complexity index is 1680. The van der Waals surface area contributed by atoms with Crippen molar-refractivity contribution in [3.63, 3.8) is 0 Å². The third-order valence-electron chi connectivity index (χ3n) is 15.9. The highest BCUT2D eigenvalue weighted by Crippen LogP contribution is 2.23. The number of nitrogens with one attached hydrogen (secondary N) is 1. The van der Waals surface area contributed by atoms with Crippen LogP contribution in [0.1, 0.15) is 296 Å². The first-order valence-electron chi connectivity index (χ1n) is 34.6. The fourth-order valence-electron chi connectivity index (χ4n) is 10.5. The van der Waals surface area contributed by atoms with Crippen molar-refractivity contribution < 1.29 is 39.8 Å². The van der Waals surface area contributed by atoms with Gasteiger partial charge in [0.15, 0.2) is 6.29 Å². The van der Waals surface area contributed by atoms with E-state index < -0.39 is 49.5 Å². The second kappa shape index (κ2) is 61.9. The van der Waals surface area contributed by atoms with Crippen molar-refractivity contribution >= 4 is 5.91 Å². The molecule has 1 heterocycles. The highest BCUT2D eigenvalue weighted by molar-refractivity contribution is 5.76. The quantitative estimate of drug-likeness (QED) is 0.0261. The zero-order valence-corrected chi connectivity index (χ0v) is 53.4. The van der Waals surface area contributed by atoms with Crippen molar-refractivity contribution in [1.29, 1.82) is 0 Å². The maximum Gasteiger partial charge on any atom is 0.220 e. The summed E-state index contributed by atoms with van der Waals surface area (Å²) in [6.07, 6.45) is 84.6. The maximum absolute atomic E-state index is 13.1. The van der Waals surface area contributed by atoms with Crippen LogP contribution in [0.5, 0.6) is 0 Å². The van der Waals surface area contributed by atoms with Gasteiger partial charge in [-0.15, -0.1) is 0 Å². The van der Waals surface area contributed by atoms with Gasteiger partial charge in [-0.3, -0.25) is 4.79 Å². The monoisotopic (exact) mass is 1160 g/mol. The second-order valence-corrected chi connectivity index (χ2v) is 23.6. The highest BCUT2D eigenvalue weighted by Gasteiger charge is 2.44. The Balaban J connectivity index is 2.12. The predicted octanol–water partition coefficient (Wildman–Crippen LogP) is 18.9. The molecular formula is C74H129NO8. The van der Waals surface area contributed by atoms with Crippen LogP contribution in [-0.4, -0.2) is 87.5 Å². The van der Waals surface area contributed by atoms with E-state index in [-0.39, 0.29) is 12.5 Å². The molecule has 7 unspecified atom stereocenters. The van der Waals surface area contributed by atoms with Crippen LogP contribution in [0.2, 0.25) is 0 Å². The number of ether oxygens (including phenoxy) is 2. The summed E-state index contributed by atoms with van der Waals surface area (Å²) in [6.45, 7) is 3.69. The van der Waals surface area contributed by atoms with Crippen molar-refractivity contribution in [3.8, 4) is 0 Å². The van der Waals surface area contributed by atoms with Gasteiger partial charge in [0.1, 0.15) is 24.4 Å². The third kappa shape index (κ3) is 50.7. The molecule has 1 rings (SSSR count). The molecule has 1 aliphatic heterocycles. The zero-order chi connectivity index (χ0) is 60.0. The summed E-state index contributed by atoms with van der Waals surface area (Å²) in [5.74, 6) is -0.178.